The van der Waals surface area contributed by atoms with Crippen molar-refractivity contribution in [3.8, 4) is 0 Å². The Hall–Kier alpha value is -3.48. The molecule has 3 amide bonds. The number of fused-ring (bicyclic) bond motifs is 1. The fourth-order valence-electron chi connectivity index (χ4n) is 4.16. The number of aromatic nitrogens is 1. The minimum Gasteiger partial charge on any atom is -0.480 e. The summed E-state index contributed by atoms with van der Waals surface area (Å²) in [6.45, 7) is 0.781. The van der Waals surface area contributed by atoms with Crippen LogP contribution in [0.2, 0.25) is 0 Å². The fourth-order valence-corrected chi connectivity index (χ4v) is 4.16. The van der Waals surface area contributed by atoms with E-state index in [-0.39, 0.29) is 19.4 Å². The number of hydrogen-bond donors (Lipinski definition) is 7. The van der Waals surface area contributed by atoms with Gasteiger partial charge in [-0.15, -0.1) is 0 Å². The van der Waals surface area contributed by atoms with Crippen LogP contribution < -0.4 is 16.4 Å². The molecule has 0 aliphatic carbocycles. The van der Waals surface area contributed by atoms with Gasteiger partial charge in [-0.2, -0.15) is 0 Å². The van der Waals surface area contributed by atoms with Gasteiger partial charge in [0.15, 0.2) is 0 Å². The van der Waals surface area contributed by atoms with Gasteiger partial charge in [0.25, 0.3) is 0 Å². The van der Waals surface area contributed by atoms with Gasteiger partial charge in [-0.05, 0) is 31.4 Å². The summed E-state index contributed by atoms with van der Waals surface area (Å²) in [4.78, 5) is 54.3. The van der Waals surface area contributed by atoms with Crippen LogP contribution in [0.15, 0.2) is 30.5 Å². The fraction of sp³-hybridized carbons (Fsp3) is 0.478. The number of carboxylic acid groups (broad SMARTS) is 1. The van der Waals surface area contributed by atoms with Crippen molar-refractivity contribution >= 4 is 34.6 Å². The SMILES string of the molecule is CC(O)C(N)C(=O)NC(Cc1c[nH]c2ccccc12)C(=O)NC(CO)C(=O)N1CCCC1C(=O)O. The molecule has 1 aliphatic heterocycles. The van der Waals surface area contributed by atoms with Crippen molar-refractivity contribution in [2.24, 2.45) is 5.73 Å². The molecule has 3 rings (SSSR count). The number of aliphatic carboxylic acids is 1. The summed E-state index contributed by atoms with van der Waals surface area (Å²) in [5.41, 5.74) is 7.25. The number of amides is 3. The van der Waals surface area contributed by atoms with Crippen LogP contribution in [0.1, 0.15) is 25.3 Å². The second-order valence-corrected chi connectivity index (χ2v) is 8.66. The van der Waals surface area contributed by atoms with Crippen LogP contribution in [0.5, 0.6) is 0 Å². The van der Waals surface area contributed by atoms with Gasteiger partial charge in [-0.3, -0.25) is 14.4 Å². The average molecular weight is 490 g/mol. The highest BCUT2D eigenvalue weighted by atomic mass is 16.4. The molecule has 0 spiro atoms. The van der Waals surface area contributed by atoms with E-state index < -0.39 is 60.6 Å². The van der Waals surface area contributed by atoms with E-state index in [9.17, 15) is 34.5 Å². The van der Waals surface area contributed by atoms with E-state index in [0.29, 0.717) is 12.0 Å². The van der Waals surface area contributed by atoms with Crippen LogP contribution in [0.25, 0.3) is 10.9 Å². The molecule has 2 aromatic rings. The Labute approximate surface area is 201 Å². The van der Waals surface area contributed by atoms with E-state index in [4.69, 9.17) is 5.73 Å². The lowest BCUT2D eigenvalue weighted by atomic mass is 10.0. The van der Waals surface area contributed by atoms with E-state index >= 15 is 0 Å². The molecule has 35 heavy (non-hydrogen) atoms. The minimum absolute atomic E-state index is 0.0297. The number of H-pyrrole nitrogens is 1. The number of nitrogens with two attached hydrogens (primary N) is 1. The topological polar surface area (TPSA) is 198 Å². The summed E-state index contributed by atoms with van der Waals surface area (Å²) in [5.74, 6) is -3.41. The summed E-state index contributed by atoms with van der Waals surface area (Å²) in [7, 11) is 0. The molecule has 1 aromatic carbocycles. The van der Waals surface area contributed by atoms with Crippen molar-refractivity contribution in [1.82, 2.24) is 20.5 Å². The Morgan fingerprint density at radius 3 is 2.51 bits per heavy atom. The summed E-state index contributed by atoms with van der Waals surface area (Å²) >= 11 is 0. The molecule has 1 saturated heterocycles. The predicted molar refractivity (Wildman–Crippen MR) is 125 cm³/mol. The Morgan fingerprint density at radius 2 is 1.86 bits per heavy atom. The molecule has 12 nitrogen and oxygen atoms in total. The van der Waals surface area contributed by atoms with Crippen molar-refractivity contribution < 1.29 is 34.5 Å². The quantitative estimate of drug-likeness (QED) is 0.208. The molecule has 1 aliphatic rings. The number of hydrogen-bond acceptors (Lipinski definition) is 7. The molecular weight excluding hydrogens is 458 g/mol. The standard InChI is InChI=1S/C23H31N5O7/c1-12(30)19(24)21(32)26-16(9-13-10-25-15-6-3-2-5-14(13)15)20(31)27-17(11-29)22(33)28-8-4-7-18(28)23(34)35/h2-3,5-6,10,12,16-19,25,29-30H,4,7-9,11,24H2,1H3,(H,26,32)(H,27,31)(H,34,35). The molecule has 0 bridgehead atoms. The molecule has 1 fully saturated rings. The second-order valence-electron chi connectivity index (χ2n) is 8.66. The third kappa shape index (κ3) is 5.96. The molecule has 12 heteroatoms. The summed E-state index contributed by atoms with van der Waals surface area (Å²) in [5, 5.41) is 34.6. The molecular formula is C23H31N5O7. The van der Waals surface area contributed by atoms with Crippen LogP contribution in [-0.2, 0) is 25.6 Å². The first-order valence-electron chi connectivity index (χ1n) is 11.4. The number of aromatic amines is 1. The third-order valence-corrected chi connectivity index (χ3v) is 6.17. The number of benzene rings is 1. The first-order valence-corrected chi connectivity index (χ1v) is 11.4. The number of carboxylic acids is 1. The Bertz CT molecular complexity index is 1090. The van der Waals surface area contributed by atoms with Crippen molar-refractivity contribution in [3.63, 3.8) is 0 Å². The van der Waals surface area contributed by atoms with E-state index in [0.717, 1.165) is 15.8 Å². The molecule has 0 saturated carbocycles. The summed E-state index contributed by atoms with van der Waals surface area (Å²) in [6.07, 6.45) is 1.33. The lowest BCUT2D eigenvalue weighted by Crippen LogP contribution is -2.59. The van der Waals surface area contributed by atoms with Gasteiger partial charge in [-0.25, -0.2) is 4.79 Å². The van der Waals surface area contributed by atoms with E-state index in [2.05, 4.69) is 15.6 Å². The smallest absolute Gasteiger partial charge is 0.326 e. The number of para-hydroxylation sites is 1. The number of likely N-dealkylation sites (tertiary alicyclic amines) is 1. The zero-order chi connectivity index (χ0) is 25.7. The summed E-state index contributed by atoms with van der Waals surface area (Å²) < 4.78 is 0. The molecule has 1 aromatic heterocycles. The van der Waals surface area contributed by atoms with Gasteiger partial charge in [0.2, 0.25) is 17.7 Å². The molecule has 5 atom stereocenters. The lowest BCUT2D eigenvalue weighted by molar-refractivity contribution is -0.150. The number of nitrogens with one attached hydrogen (secondary N) is 3. The van der Waals surface area contributed by atoms with Gasteiger partial charge in [0.05, 0.1) is 12.7 Å². The van der Waals surface area contributed by atoms with Gasteiger partial charge in [0.1, 0.15) is 24.2 Å². The number of carbonyl (C=O) groups is 4. The third-order valence-electron chi connectivity index (χ3n) is 6.17. The van der Waals surface area contributed by atoms with Crippen LogP contribution in [0, 0.1) is 0 Å². The van der Waals surface area contributed by atoms with Crippen LogP contribution >= 0.6 is 0 Å². The molecule has 0 radical (unpaired) electrons. The van der Waals surface area contributed by atoms with Crippen molar-refractivity contribution in [2.75, 3.05) is 13.2 Å². The number of carbonyl (C=O) groups excluding carboxylic acids is 3. The normalized spacial score (nSPS) is 19.1. The Kier molecular flexibility index (Phi) is 8.43. The average Bonchev–Trinajstić information content (AvgIpc) is 3.48. The van der Waals surface area contributed by atoms with Gasteiger partial charge >= 0.3 is 5.97 Å². The van der Waals surface area contributed by atoms with E-state index in [1.54, 1.807) is 6.20 Å². The number of nitrogens with zero attached hydrogens (tertiary/aromatic N) is 1. The van der Waals surface area contributed by atoms with Crippen LogP contribution in [0.4, 0.5) is 0 Å². The van der Waals surface area contributed by atoms with Crippen molar-refractivity contribution in [2.45, 2.75) is 56.5 Å². The zero-order valence-electron chi connectivity index (χ0n) is 19.3. The van der Waals surface area contributed by atoms with Crippen LogP contribution in [-0.4, -0.2) is 92.3 Å². The minimum atomic E-state index is -1.39. The number of rotatable bonds is 10. The van der Waals surface area contributed by atoms with Gasteiger partial charge < -0.3 is 41.6 Å². The molecule has 190 valence electrons. The first kappa shape index (κ1) is 26.1. The van der Waals surface area contributed by atoms with Gasteiger partial charge in [0, 0.05) is 30.1 Å². The maximum Gasteiger partial charge on any atom is 0.326 e. The van der Waals surface area contributed by atoms with Crippen molar-refractivity contribution in [3.05, 3.63) is 36.0 Å². The second kappa shape index (κ2) is 11.3. The molecule has 8 N–H and O–H groups in total. The number of aliphatic hydroxyl groups is 2. The zero-order valence-corrected chi connectivity index (χ0v) is 19.3. The predicted octanol–water partition coefficient (Wildman–Crippen LogP) is -1.54. The molecule has 5 unspecified atom stereocenters. The maximum atomic E-state index is 13.2. The Morgan fingerprint density at radius 1 is 1.17 bits per heavy atom. The highest BCUT2D eigenvalue weighted by Gasteiger charge is 2.38. The lowest BCUT2D eigenvalue weighted by Gasteiger charge is -2.28. The van der Waals surface area contributed by atoms with E-state index in [1.165, 1.54) is 6.92 Å². The maximum absolute atomic E-state index is 13.2. The largest absolute Gasteiger partial charge is 0.480 e. The first-order chi connectivity index (χ1) is 16.6. The highest BCUT2D eigenvalue weighted by Crippen LogP contribution is 2.20. The van der Waals surface area contributed by atoms with Crippen LogP contribution in [0.3, 0.4) is 0 Å². The monoisotopic (exact) mass is 489 g/mol. The highest BCUT2D eigenvalue weighted by molar-refractivity contribution is 5.95. The van der Waals surface area contributed by atoms with Crippen molar-refractivity contribution in [1.29, 1.82) is 0 Å². The Balaban J connectivity index is 1.81. The van der Waals surface area contributed by atoms with E-state index in [1.807, 2.05) is 24.3 Å². The molecule has 2 heterocycles. The number of aliphatic hydroxyl groups excluding tert-OH is 2. The summed E-state index contributed by atoms with van der Waals surface area (Å²) in [6, 6.07) is 2.47. The van der Waals surface area contributed by atoms with Gasteiger partial charge in [-0.1, -0.05) is 18.2 Å².